The van der Waals surface area contributed by atoms with Gasteiger partial charge in [0, 0.05) is 21.5 Å². The normalized spacial score (nSPS) is 10.6. The Morgan fingerprint density at radius 2 is 2.37 bits per heavy atom. The molecule has 0 aliphatic heterocycles. The van der Waals surface area contributed by atoms with Gasteiger partial charge in [-0.25, -0.2) is 9.89 Å². The van der Waals surface area contributed by atoms with Crippen molar-refractivity contribution in [3.63, 3.8) is 0 Å². The first-order valence-electron chi connectivity index (χ1n) is 5.50. The Labute approximate surface area is 122 Å². The third kappa shape index (κ3) is 2.74. The van der Waals surface area contributed by atoms with Crippen LogP contribution in [0.25, 0.3) is 0 Å². The van der Waals surface area contributed by atoms with Crippen LogP contribution in [0.3, 0.4) is 0 Å². The molecule has 0 atom stereocenters. The monoisotopic (exact) mass is 341 g/mol. The van der Waals surface area contributed by atoms with Crippen molar-refractivity contribution < 1.29 is 0 Å². The molecule has 0 unspecified atom stereocenters. The van der Waals surface area contributed by atoms with E-state index in [2.05, 4.69) is 26.1 Å². The summed E-state index contributed by atoms with van der Waals surface area (Å²) < 4.78 is 2.26. The summed E-state index contributed by atoms with van der Waals surface area (Å²) in [5, 5.41) is 14.6. The Morgan fingerprint density at radius 3 is 3.00 bits per heavy atom. The number of rotatable bonds is 4. The maximum atomic E-state index is 11.5. The van der Waals surface area contributed by atoms with Gasteiger partial charge in [0.1, 0.15) is 5.84 Å². The third-order valence-electron chi connectivity index (χ3n) is 2.49. The summed E-state index contributed by atoms with van der Waals surface area (Å²) in [5.41, 5.74) is 5.94. The highest BCUT2D eigenvalue weighted by Crippen LogP contribution is 2.32. The van der Waals surface area contributed by atoms with Crippen LogP contribution in [0.2, 0.25) is 0 Å². The van der Waals surface area contributed by atoms with E-state index in [-0.39, 0.29) is 11.5 Å². The van der Waals surface area contributed by atoms with Gasteiger partial charge in [0.2, 0.25) is 0 Å². The SMILES string of the molecule is CCn1c(Sc2cccc(Br)c2C(=N)N)n[nH]c1=O. The molecule has 19 heavy (non-hydrogen) atoms. The van der Waals surface area contributed by atoms with E-state index in [0.717, 1.165) is 9.37 Å². The fourth-order valence-corrected chi connectivity index (χ4v) is 3.40. The molecule has 0 amide bonds. The lowest BCUT2D eigenvalue weighted by molar-refractivity contribution is 0.660. The lowest BCUT2D eigenvalue weighted by Gasteiger charge is -2.09. The number of halogens is 1. The summed E-state index contributed by atoms with van der Waals surface area (Å²) in [5.74, 6) is -0.0316. The van der Waals surface area contributed by atoms with Crippen LogP contribution < -0.4 is 11.4 Å². The third-order valence-corrected chi connectivity index (χ3v) is 4.20. The van der Waals surface area contributed by atoms with E-state index in [9.17, 15) is 4.79 Å². The van der Waals surface area contributed by atoms with Crippen LogP contribution in [0.4, 0.5) is 0 Å². The Bertz CT molecular complexity index is 678. The molecule has 0 saturated carbocycles. The van der Waals surface area contributed by atoms with Gasteiger partial charge in [-0.05, 0) is 46.7 Å². The molecule has 1 heterocycles. The highest BCUT2D eigenvalue weighted by atomic mass is 79.9. The fourth-order valence-electron chi connectivity index (χ4n) is 1.61. The smallest absolute Gasteiger partial charge is 0.343 e. The molecule has 0 saturated heterocycles. The maximum absolute atomic E-state index is 11.5. The quantitative estimate of drug-likeness (QED) is 0.582. The molecule has 4 N–H and O–H groups in total. The minimum atomic E-state index is -0.246. The first-order valence-corrected chi connectivity index (χ1v) is 7.11. The van der Waals surface area contributed by atoms with Gasteiger partial charge < -0.3 is 5.73 Å². The van der Waals surface area contributed by atoms with Gasteiger partial charge in [-0.3, -0.25) is 9.98 Å². The lowest BCUT2D eigenvalue weighted by atomic mass is 10.2. The second-order valence-corrected chi connectivity index (χ2v) is 5.55. The molecule has 0 spiro atoms. The number of amidine groups is 1. The topological polar surface area (TPSA) is 101 Å². The summed E-state index contributed by atoms with van der Waals surface area (Å²) in [6.45, 7) is 2.40. The zero-order valence-electron chi connectivity index (χ0n) is 10.1. The van der Waals surface area contributed by atoms with Crippen LogP contribution in [-0.2, 0) is 6.54 Å². The number of nitrogens with one attached hydrogen (secondary N) is 2. The second-order valence-electron chi connectivity index (χ2n) is 3.68. The summed E-state index contributed by atoms with van der Waals surface area (Å²) >= 11 is 4.67. The van der Waals surface area contributed by atoms with E-state index in [1.807, 2.05) is 25.1 Å². The molecule has 2 aromatic rings. The number of hydrogen-bond acceptors (Lipinski definition) is 4. The number of H-pyrrole nitrogens is 1. The van der Waals surface area contributed by atoms with Gasteiger partial charge in [0.05, 0.1) is 0 Å². The number of nitrogens with two attached hydrogens (primary N) is 1. The lowest BCUT2D eigenvalue weighted by Crippen LogP contribution is -2.16. The van der Waals surface area contributed by atoms with Crippen molar-refractivity contribution in [1.29, 1.82) is 5.41 Å². The van der Waals surface area contributed by atoms with Crippen molar-refractivity contribution in [2.24, 2.45) is 5.73 Å². The fraction of sp³-hybridized carbons (Fsp3) is 0.182. The zero-order valence-corrected chi connectivity index (χ0v) is 12.5. The van der Waals surface area contributed by atoms with Crippen LogP contribution in [-0.4, -0.2) is 20.6 Å². The molecule has 6 nitrogen and oxygen atoms in total. The summed E-state index contributed by atoms with van der Waals surface area (Å²) in [4.78, 5) is 12.3. The molecule has 0 fully saturated rings. The van der Waals surface area contributed by atoms with E-state index in [1.165, 1.54) is 16.3 Å². The number of aromatic amines is 1. The predicted octanol–water partition coefficient (Wildman–Crippen LogP) is 1.79. The number of benzene rings is 1. The molecule has 0 aliphatic carbocycles. The average molecular weight is 342 g/mol. The van der Waals surface area contributed by atoms with Crippen molar-refractivity contribution in [3.8, 4) is 0 Å². The average Bonchev–Trinajstić information content (AvgIpc) is 2.69. The Balaban J connectivity index is 2.47. The van der Waals surface area contributed by atoms with Gasteiger partial charge in [-0.15, -0.1) is 5.10 Å². The van der Waals surface area contributed by atoms with E-state index >= 15 is 0 Å². The summed E-state index contributed by atoms with van der Waals surface area (Å²) in [6, 6.07) is 5.50. The van der Waals surface area contributed by atoms with Crippen molar-refractivity contribution in [2.45, 2.75) is 23.5 Å². The summed E-state index contributed by atoms with van der Waals surface area (Å²) in [7, 11) is 0. The van der Waals surface area contributed by atoms with Crippen molar-refractivity contribution in [1.82, 2.24) is 14.8 Å². The first kappa shape index (κ1) is 13.9. The van der Waals surface area contributed by atoms with Crippen LogP contribution in [0, 0.1) is 5.41 Å². The molecule has 1 aromatic carbocycles. The minimum absolute atomic E-state index is 0.0316. The largest absolute Gasteiger partial charge is 0.384 e. The molecule has 0 bridgehead atoms. The van der Waals surface area contributed by atoms with E-state index in [0.29, 0.717) is 17.3 Å². The van der Waals surface area contributed by atoms with Crippen LogP contribution in [0.1, 0.15) is 12.5 Å². The van der Waals surface area contributed by atoms with Crippen LogP contribution >= 0.6 is 27.7 Å². The van der Waals surface area contributed by atoms with Gasteiger partial charge in [-0.1, -0.05) is 6.07 Å². The van der Waals surface area contributed by atoms with Crippen molar-refractivity contribution in [3.05, 3.63) is 38.7 Å². The summed E-state index contributed by atoms with van der Waals surface area (Å²) in [6.07, 6.45) is 0. The Morgan fingerprint density at radius 1 is 1.63 bits per heavy atom. The number of hydrogen-bond donors (Lipinski definition) is 3. The number of aromatic nitrogens is 3. The molecule has 100 valence electrons. The van der Waals surface area contributed by atoms with Crippen molar-refractivity contribution in [2.75, 3.05) is 0 Å². The highest BCUT2D eigenvalue weighted by molar-refractivity contribution is 9.10. The zero-order chi connectivity index (χ0) is 14.0. The van der Waals surface area contributed by atoms with E-state index in [4.69, 9.17) is 11.1 Å². The number of nitrogens with zero attached hydrogens (tertiary/aromatic N) is 2. The Hall–Kier alpha value is -1.54. The van der Waals surface area contributed by atoms with Crippen molar-refractivity contribution >= 4 is 33.5 Å². The highest BCUT2D eigenvalue weighted by Gasteiger charge is 2.14. The van der Waals surface area contributed by atoms with Gasteiger partial charge >= 0.3 is 5.69 Å². The molecule has 0 aliphatic rings. The molecule has 8 heteroatoms. The standard InChI is InChI=1S/C11H12BrN5OS/c1-2-17-10(18)15-16-11(17)19-7-5-3-4-6(12)8(7)9(13)14/h3-5H,2H2,1H3,(H3,13,14)(H,15,18). The van der Waals surface area contributed by atoms with E-state index < -0.39 is 0 Å². The van der Waals surface area contributed by atoms with Gasteiger partial charge in [0.15, 0.2) is 5.16 Å². The molecule has 0 radical (unpaired) electrons. The maximum Gasteiger partial charge on any atom is 0.343 e. The Kier molecular flexibility index (Phi) is 4.11. The molecule has 2 rings (SSSR count). The van der Waals surface area contributed by atoms with Gasteiger partial charge in [-0.2, -0.15) is 0 Å². The van der Waals surface area contributed by atoms with E-state index in [1.54, 1.807) is 0 Å². The van der Waals surface area contributed by atoms with Gasteiger partial charge in [0.25, 0.3) is 0 Å². The second kappa shape index (κ2) is 5.62. The molecular weight excluding hydrogens is 330 g/mol. The predicted molar refractivity (Wildman–Crippen MR) is 77.8 cm³/mol. The number of nitrogen functional groups attached to an aromatic ring is 1. The minimum Gasteiger partial charge on any atom is -0.384 e. The van der Waals surface area contributed by atoms with Crippen LogP contribution in [0.5, 0.6) is 0 Å². The van der Waals surface area contributed by atoms with Crippen LogP contribution in [0.15, 0.2) is 37.5 Å². The molecular formula is C11H12BrN5OS. The first-order chi connectivity index (χ1) is 9.04. The molecule has 1 aromatic heterocycles.